The van der Waals surface area contributed by atoms with E-state index in [1.807, 2.05) is 0 Å². The van der Waals surface area contributed by atoms with Gasteiger partial charge < -0.3 is 14.6 Å². The van der Waals surface area contributed by atoms with Crippen LogP contribution in [0.4, 0.5) is 0 Å². The first-order valence-corrected chi connectivity index (χ1v) is 9.49. The van der Waals surface area contributed by atoms with Crippen molar-refractivity contribution in [3.63, 3.8) is 0 Å². The Bertz CT molecular complexity index is 696. The van der Waals surface area contributed by atoms with Gasteiger partial charge in [-0.1, -0.05) is 20.4 Å². The number of rotatable bonds is 0. The molecule has 136 valence electrons. The average molecular weight is 346 g/mol. The highest BCUT2D eigenvalue weighted by atomic mass is 16.6. The monoisotopic (exact) mass is 346 g/mol. The molecule has 2 saturated heterocycles. The molecule has 5 nitrogen and oxygen atoms in total. The van der Waals surface area contributed by atoms with Crippen LogP contribution in [0.5, 0.6) is 0 Å². The third kappa shape index (κ3) is 1.59. The van der Waals surface area contributed by atoms with E-state index in [4.69, 9.17) is 9.47 Å². The van der Waals surface area contributed by atoms with Crippen LogP contribution >= 0.6 is 0 Å². The second kappa shape index (κ2) is 4.55. The minimum absolute atomic E-state index is 0.103. The number of aliphatic hydroxyl groups excluding tert-OH is 1. The van der Waals surface area contributed by atoms with Gasteiger partial charge in [0.1, 0.15) is 11.5 Å². The lowest BCUT2D eigenvalue weighted by molar-refractivity contribution is -0.236. The first-order valence-electron chi connectivity index (χ1n) is 9.49. The highest BCUT2D eigenvalue weighted by Crippen LogP contribution is 2.71. The summed E-state index contributed by atoms with van der Waals surface area (Å²) in [7, 11) is 0. The van der Waals surface area contributed by atoms with Crippen molar-refractivity contribution in [2.24, 2.45) is 34.0 Å². The van der Waals surface area contributed by atoms with Gasteiger partial charge in [0.25, 0.3) is 0 Å². The average Bonchev–Trinajstić information content (AvgIpc) is 3.01. The van der Waals surface area contributed by atoms with Crippen molar-refractivity contribution in [3.8, 4) is 0 Å². The number of hydrogen-bond acceptors (Lipinski definition) is 5. The molecule has 25 heavy (non-hydrogen) atoms. The van der Waals surface area contributed by atoms with Gasteiger partial charge in [-0.15, -0.1) is 0 Å². The number of aliphatic hydroxyl groups is 1. The Balaban J connectivity index is 1.71. The van der Waals surface area contributed by atoms with Gasteiger partial charge in [0.05, 0.1) is 6.61 Å². The number of Topliss-reactive ketones (excluding diaryl/α,β-unsaturated/α-hetero) is 1. The van der Waals surface area contributed by atoms with Gasteiger partial charge in [0.2, 0.25) is 0 Å². The minimum atomic E-state index is -1.09. The highest BCUT2D eigenvalue weighted by molar-refractivity contribution is 6.15. The van der Waals surface area contributed by atoms with Crippen molar-refractivity contribution in [2.75, 3.05) is 6.61 Å². The van der Waals surface area contributed by atoms with Crippen LogP contribution in [0.15, 0.2) is 12.2 Å². The molecule has 0 unspecified atom stereocenters. The molecule has 5 rings (SSSR count). The number of hydrogen-bond donors (Lipinski definition) is 1. The van der Waals surface area contributed by atoms with E-state index in [2.05, 4.69) is 20.4 Å². The van der Waals surface area contributed by atoms with Crippen molar-refractivity contribution in [1.29, 1.82) is 0 Å². The molecular weight excluding hydrogens is 320 g/mol. The summed E-state index contributed by atoms with van der Waals surface area (Å²) in [5.41, 5.74) is -1.07. The molecule has 0 amide bonds. The molecule has 5 fully saturated rings. The van der Waals surface area contributed by atoms with Gasteiger partial charge in [0, 0.05) is 11.3 Å². The summed E-state index contributed by atoms with van der Waals surface area (Å²) in [5.74, 6) is -0.586. The first-order chi connectivity index (χ1) is 11.7. The Morgan fingerprint density at radius 2 is 1.96 bits per heavy atom. The van der Waals surface area contributed by atoms with Gasteiger partial charge >= 0.3 is 5.97 Å². The number of carbonyl (C=O) groups excluding carboxylic acids is 2. The standard InChI is InChI=1S/C20H26O5/c1-10-11-4-5-12-19(8-11,15(10)21)17(23)25-13-6-7-18(2,3)14-16(22)24-9-20(12,13)14/h11-14,16,22H,1,4-9H2,2-3H3/t11-,12-,13-,14+,16+,19-,20+/m0/s1. The summed E-state index contributed by atoms with van der Waals surface area (Å²) in [4.78, 5) is 26.2. The van der Waals surface area contributed by atoms with Crippen LogP contribution in [0.25, 0.3) is 0 Å². The van der Waals surface area contributed by atoms with Gasteiger partial charge in [-0.05, 0) is 54.9 Å². The SMILES string of the molecule is C=C1C(=O)[C@]23C[C@@H]1CC[C@@H]2[C@@]12CO[C@@H](O)[C@@H]1C(C)(C)CC[C@@H]2OC3=O. The third-order valence-electron chi connectivity index (χ3n) is 8.28. The van der Waals surface area contributed by atoms with Crippen LogP contribution in [0.3, 0.4) is 0 Å². The molecule has 0 radical (unpaired) electrons. The lowest BCUT2D eigenvalue weighted by atomic mass is 9.44. The number of esters is 1. The lowest BCUT2D eigenvalue weighted by Gasteiger charge is -2.61. The van der Waals surface area contributed by atoms with Crippen LogP contribution < -0.4 is 0 Å². The highest BCUT2D eigenvalue weighted by Gasteiger charge is 2.77. The van der Waals surface area contributed by atoms with Gasteiger partial charge in [0.15, 0.2) is 12.1 Å². The molecule has 0 aromatic carbocycles. The topological polar surface area (TPSA) is 72.8 Å². The summed E-state index contributed by atoms with van der Waals surface area (Å²) < 4.78 is 11.7. The molecule has 0 aromatic heterocycles. The van der Waals surface area contributed by atoms with E-state index in [-0.39, 0.29) is 41.0 Å². The molecule has 2 spiro atoms. The van der Waals surface area contributed by atoms with Gasteiger partial charge in [-0.25, -0.2) is 0 Å². The van der Waals surface area contributed by atoms with Gasteiger partial charge in [-0.2, -0.15) is 0 Å². The number of ketones is 1. The Morgan fingerprint density at radius 3 is 2.72 bits per heavy atom. The summed E-state index contributed by atoms with van der Waals surface area (Å²) in [6.45, 7) is 8.69. The smallest absolute Gasteiger partial charge is 0.320 e. The molecule has 5 aliphatic rings. The largest absolute Gasteiger partial charge is 0.461 e. The summed E-state index contributed by atoms with van der Waals surface area (Å²) in [6.07, 6.45) is 2.77. The molecule has 2 heterocycles. The maximum absolute atomic E-state index is 13.2. The zero-order valence-corrected chi connectivity index (χ0v) is 14.9. The third-order valence-corrected chi connectivity index (χ3v) is 8.28. The fourth-order valence-corrected chi connectivity index (χ4v) is 7.27. The zero-order valence-electron chi connectivity index (χ0n) is 14.9. The molecule has 7 atom stereocenters. The molecule has 2 aliphatic heterocycles. The number of fused-ring (bicyclic) bond motifs is 1. The summed E-state index contributed by atoms with van der Waals surface area (Å²) in [5, 5.41) is 10.7. The molecule has 5 heteroatoms. The molecule has 3 aliphatic carbocycles. The van der Waals surface area contributed by atoms with Crippen molar-refractivity contribution in [1.82, 2.24) is 0 Å². The van der Waals surface area contributed by atoms with Crippen LogP contribution in [-0.4, -0.2) is 35.9 Å². The van der Waals surface area contributed by atoms with E-state index < -0.39 is 17.1 Å². The van der Waals surface area contributed by atoms with E-state index in [0.717, 1.165) is 25.7 Å². The van der Waals surface area contributed by atoms with E-state index in [0.29, 0.717) is 18.6 Å². The van der Waals surface area contributed by atoms with Crippen LogP contribution in [0, 0.1) is 34.0 Å². The quantitative estimate of drug-likeness (QED) is 0.414. The number of ether oxygens (including phenoxy) is 2. The van der Waals surface area contributed by atoms with Crippen LogP contribution in [0.1, 0.15) is 46.0 Å². The van der Waals surface area contributed by atoms with Crippen molar-refractivity contribution < 1.29 is 24.2 Å². The number of carbonyl (C=O) groups is 2. The van der Waals surface area contributed by atoms with E-state index in [9.17, 15) is 14.7 Å². The predicted octanol–water partition coefficient (Wildman–Crippen LogP) is 2.22. The second-order valence-corrected chi connectivity index (χ2v) is 9.57. The molecule has 1 N–H and O–H groups in total. The second-order valence-electron chi connectivity index (χ2n) is 9.57. The fraction of sp³-hybridized carbons (Fsp3) is 0.800. The van der Waals surface area contributed by atoms with Crippen molar-refractivity contribution in [3.05, 3.63) is 12.2 Å². The first kappa shape index (κ1) is 16.0. The van der Waals surface area contributed by atoms with Crippen molar-refractivity contribution in [2.45, 2.75) is 58.3 Å². The molecular formula is C20H26O5. The summed E-state index contributed by atoms with van der Waals surface area (Å²) >= 11 is 0. The predicted molar refractivity (Wildman–Crippen MR) is 88.2 cm³/mol. The molecule has 2 bridgehead atoms. The lowest BCUT2D eigenvalue weighted by Crippen LogP contribution is -2.68. The molecule has 0 aromatic rings. The fourth-order valence-electron chi connectivity index (χ4n) is 7.27. The maximum atomic E-state index is 13.2. The van der Waals surface area contributed by atoms with E-state index >= 15 is 0 Å². The minimum Gasteiger partial charge on any atom is -0.461 e. The van der Waals surface area contributed by atoms with Crippen LogP contribution in [-0.2, 0) is 19.1 Å². The maximum Gasteiger partial charge on any atom is 0.320 e. The Morgan fingerprint density at radius 1 is 1.20 bits per heavy atom. The zero-order chi connectivity index (χ0) is 17.8. The van der Waals surface area contributed by atoms with Crippen molar-refractivity contribution >= 4 is 11.8 Å². The van der Waals surface area contributed by atoms with Gasteiger partial charge in [-0.3, -0.25) is 9.59 Å². The number of allylic oxidation sites excluding steroid dienone is 1. The summed E-state index contributed by atoms with van der Waals surface area (Å²) in [6, 6.07) is 0. The normalized spacial score (nSPS) is 53.1. The molecule has 3 saturated carbocycles. The Kier molecular flexibility index (Phi) is 2.91. The van der Waals surface area contributed by atoms with E-state index in [1.54, 1.807) is 0 Å². The van der Waals surface area contributed by atoms with Crippen LogP contribution in [0.2, 0.25) is 0 Å². The van der Waals surface area contributed by atoms with E-state index in [1.165, 1.54) is 0 Å². The Hall–Kier alpha value is -1.20. The Labute approximate surface area is 147 Å².